The summed E-state index contributed by atoms with van der Waals surface area (Å²) in [5.74, 6) is 5.51. The standard InChI is InChI=1S/C35H35NO6.C33H33NO4/c1-38-31-17-15-25(20-33(31)41-23-26-10-6-4-7-11-26)14-16-30-29-22-32(39-2)34(42-24-27-12-8-5-9-13-27)21-28(29)18-19-36(30)35(37)40-3;1-35-30-16-14-24(19-32(30)37-22-25-9-5-3-6-10-25)13-15-29-28-21-31(36-2)33(20-27(28)17-18-34-29)38-23-26-11-7-4-8-12-26/h4-17,20-22,30H,18-19,23-24H2,1-3H3;3-16,19-21,29,34H,17-18,22-23H2,1-2H3/b16-14+;15-13+. The molecule has 12 heteroatoms. The van der Waals surface area contributed by atoms with Gasteiger partial charge in [-0.05, 0) is 117 Å². The molecule has 0 saturated heterocycles. The van der Waals surface area contributed by atoms with Crippen molar-refractivity contribution in [3.63, 3.8) is 0 Å². The summed E-state index contributed by atoms with van der Waals surface area (Å²) < 4.78 is 52.1. The van der Waals surface area contributed by atoms with E-state index in [9.17, 15) is 4.79 Å². The minimum absolute atomic E-state index is 0.0617. The lowest BCUT2D eigenvalue weighted by Gasteiger charge is -2.35. The normalized spacial score (nSPS) is 14.4. The van der Waals surface area contributed by atoms with Gasteiger partial charge in [-0.25, -0.2) is 4.79 Å². The Morgan fingerprint density at radius 2 is 0.850 bits per heavy atom. The van der Waals surface area contributed by atoms with E-state index in [2.05, 4.69) is 53.9 Å². The maximum Gasteiger partial charge on any atom is 0.410 e. The van der Waals surface area contributed by atoms with Gasteiger partial charge in [0.15, 0.2) is 46.0 Å². The molecular weight excluding hydrogens is 1000 g/mol. The number of amides is 1. The van der Waals surface area contributed by atoms with Crippen molar-refractivity contribution in [3.8, 4) is 46.0 Å². The molecular formula is C68H68N2O10. The van der Waals surface area contributed by atoms with Gasteiger partial charge in [0.2, 0.25) is 0 Å². The lowest BCUT2D eigenvalue weighted by molar-refractivity contribution is 0.110. The van der Waals surface area contributed by atoms with Gasteiger partial charge in [0, 0.05) is 13.1 Å². The van der Waals surface area contributed by atoms with E-state index in [1.807, 2.05) is 158 Å². The molecule has 10 rings (SSSR count). The molecule has 8 aromatic carbocycles. The summed E-state index contributed by atoms with van der Waals surface area (Å²) in [6.07, 6.45) is 9.50. The number of hydrogen-bond donors (Lipinski definition) is 1. The number of fused-ring (bicyclic) bond motifs is 2. The van der Waals surface area contributed by atoms with Crippen LogP contribution in [0.15, 0.2) is 194 Å². The Morgan fingerprint density at radius 1 is 0.450 bits per heavy atom. The van der Waals surface area contributed by atoms with E-state index in [0.29, 0.717) is 68.1 Å². The van der Waals surface area contributed by atoms with E-state index >= 15 is 0 Å². The second-order valence-corrected chi connectivity index (χ2v) is 19.1. The molecule has 1 N–H and O–H groups in total. The van der Waals surface area contributed by atoms with Crippen LogP contribution < -0.4 is 43.2 Å². The molecule has 2 heterocycles. The number of nitrogens with zero attached hydrogens (tertiary/aromatic N) is 1. The molecule has 0 aliphatic carbocycles. The molecule has 0 spiro atoms. The maximum atomic E-state index is 12.8. The number of benzene rings is 8. The first-order valence-corrected chi connectivity index (χ1v) is 26.7. The van der Waals surface area contributed by atoms with Gasteiger partial charge in [0.1, 0.15) is 26.4 Å². The minimum atomic E-state index is -0.389. The van der Waals surface area contributed by atoms with Crippen molar-refractivity contribution in [1.82, 2.24) is 10.2 Å². The first-order chi connectivity index (χ1) is 39.3. The molecule has 80 heavy (non-hydrogen) atoms. The maximum absolute atomic E-state index is 12.8. The Kier molecular flexibility index (Phi) is 19.4. The summed E-state index contributed by atoms with van der Waals surface area (Å²) in [6.45, 7) is 3.23. The van der Waals surface area contributed by atoms with Gasteiger partial charge in [-0.3, -0.25) is 4.90 Å². The zero-order valence-corrected chi connectivity index (χ0v) is 46.0. The molecule has 2 aliphatic heterocycles. The Morgan fingerprint density at radius 3 is 1.27 bits per heavy atom. The largest absolute Gasteiger partial charge is 0.493 e. The van der Waals surface area contributed by atoms with E-state index in [-0.39, 0.29) is 18.2 Å². The van der Waals surface area contributed by atoms with Crippen LogP contribution in [0.5, 0.6) is 46.0 Å². The lowest BCUT2D eigenvalue weighted by atomic mass is 9.91. The quantitative estimate of drug-likeness (QED) is 0.0787. The highest BCUT2D eigenvalue weighted by Gasteiger charge is 2.31. The molecule has 0 fully saturated rings. The number of rotatable bonds is 20. The smallest absolute Gasteiger partial charge is 0.410 e. The lowest BCUT2D eigenvalue weighted by Crippen LogP contribution is -2.39. The molecule has 2 atom stereocenters. The average Bonchev–Trinajstić information content (AvgIpc) is 3.52. The molecule has 2 aliphatic rings. The number of ether oxygens (including phenoxy) is 9. The number of hydrogen-bond acceptors (Lipinski definition) is 11. The minimum Gasteiger partial charge on any atom is -0.493 e. The van der Waals surface area contributed by atoms with Crippen LogP contribution in [0.3, 0.4) is 0 Å². The van der Waals surface area contributed by atoms with Crippen molar-refractivity contribution < 1.29 is 47.4 Å². The van der Waals surface area contributed by atoms with Gasteiger partial charge >= 0.3 is 6.09 Å². The van der Waals surface area contributed by atoms with Gasteiger partial charge in [0.25, 0.3) is 0 Å². The van der Waals surface area contributed by atoms with Crippen LogP contribution >= 0.6 is 0 Å². The monoisotopic (exact) mass is 1070 g/mol. The fourth-order valence-electron chi connectivity index (χ4n) is 9.67. The van der Waals surface area contributed by atoms with E-state index in [4.69, 9.17) is 42.6 Å². The van der Waals surface area contributed by atoms with E-state index in [1.165, 1.54) is 18.2 Å². The van der Waals surface area contributed by atoms with Crippen LogP contribution in [0.25, 0.3) is 12.2 Å². The van der Waals surface area contributed by atoms with Gasteiger partial charge in [-0.2, -0.15) is 0 Å². The van der Waals surface area contributed by atoms with E-state index < -0.39 is 0 Å². The van der Waals surface area contributed by atoms with Gasteiger partial charge < -0.3 is 47.9 Å². The van der Waals surface area contributed by atoms with Gasteiger partial charge in [-0.1, -0.05) is 158 Å². The number of carbonyl (C=O) groups is 1. The number of carbonyl (C=O) groups excluding carboxylic acids is 1. The topological polar surface area (TPSA) is 115 Å². The highest BCUT2D eigenvalue weighted by atomic mass is 16.5. The van der Waals surface area contributed by atoms with E-state index in [0.717, 1.165) is 74.7 Å². The Balaban J connectivity index is 0.000000195. The third-order valence-electron chi connectivity index (χ3n) is 13.9. The molecule has 0 aromatic heterocycles. The first kappa shape index (κ1) is 55.6. The summed E-state index contributed by atoms with van der Waals surface area (Å²) in [5.41, 5.74) is 10.8. The van der Waals surface area contributed by atoms with Crippen LogP contribution in [-0.4, -0.2) is 59.6 Å². The third kappa shape index (κ3) is 14.5. The predicted molar refractivity (Wildman–Crippen MR) is 313 cm³/mol. The van der Waals surface area contributed by atoms with Crippen LogP contribution in [0.2, 0.25) is 0 Å². The summed E-state index contributed by atoms with van der Waals surface area (Å²) in [6, 6.07) is 60.0. The number of nitrogens with one attached hydrogen (secondary N) is 1. The fourth-order valence-corrected chi connectivity index (χ4v) is 9.67. The Hall–Kier alpha value is -9.13. The summed E-state index contributed by atoms with van der Waals surface area (Å²) in [7, 11) is 8.00. The van der Waals surface area contributed by atoms with Gasteiger partial charge in [0.05, 0.1) is 47.6 Å². The zero-order chi connectivity index (χ0) is 55.5. The molecule has 1 amide bonds. The van der Waals surface area contributed by atoms with Crippen LogP contribution in [-0.2, 0) is 44.0 Å². The zero-order valence-electron chi connectivity index (χ0n) is 46.0. The second kappa shape index (κ2) is 28.0. The Labute approximate surface area is 469 Å². The van der Waals surface area contributed by atoms with Crippen molar-refractivity contribution in [1.29, 1.82) is 0 Å². The van der Waals surface area contributed by atoms with Crippen molar-refractivity contribution >= 4 is 18.2 Å². The van der Waals surface area contributed by atoms with Crippen molar-refractivity contribution in [3.05, 3.63) is 250 Å². The molecule has 0 saturated carbocycles. The van der Waals surface area contributed by atoms with Crippen molar-refractivity contribution in [2.45, 2.75) is 51.4 Å². The first-order valence-electron chi connectivity index (χ1n) is 26.7. The number of methoxy groups -OCH3 is 5. The summed E-state index contributed by atoms with van der Waals surface area (Å²) in [5, 5.41) is 3.62. The highest BCUT2D eigenvalue weighted by Crippen LogP contribution is 2.41. The molecule has 12 nitrogen and oxygen atoms in total. The predicted octanol–water partition coefficient (Wildman–Crippen LogP) is 14.0. The molecule has 2 unspecified atom stereocenters. The SMILES string of the molecule is COC(=O)N1CCc2cc(OCc3ccccc3)c(OC)cc2C1/C=C/c1ccc(OC)c(OCc2ccccc2)c1.COc1ccc(/C=C/C2NCCc3cc(OCc4ccccc4)c(OC)cc32)cc1OCc1ccccc1. The van der Waals surface area contributed by atoms with Crippen molar-refractivity contribution in [2.24, 2.45) is 0 Å². The van der Waals surface area contributed by atoms with Crippen LogP contribution in [0.1, 0.15) is 67.7 Å². The molecule has 8 aromatic rings. The molecule has 410 valence electrons. The molecule has 0 bridgehead atoms. The molecule has 0 radical (unpaired) electrons. The third-order valence-corrected chi connectivity index (χ3v) is 13.9. The van der Waals surface area contributed by atoms with Gasteiger partial charge in [-0.15, -0.1) is 0 Å². The average molecular weight is 1070 g/mol. The van der Waals surface area contributed by atoms with Crippen LogP contribution in [0, 0.1) is 0 Å². The fraction of sp³-hybridized carbons (Fsp3) is 0.221. The summed E-state index contributed by atoms with van der Waals surface area (Å²) >= 11 is 0. The summed E-state index contributed by atoms with van der Waals surface area (Å²) in [4.78, 5) is 14.5. The van der Waals surface area contributed by atoms with Crippen molar-refractivity contribution in [2.75, 3.05) is 48.6 Å². The highest BCUT2D eigenvalue weighted by molar-refractivity contribution is 5.71. The van der Waals surface area contributed by atoms with Crippen LogP contribution in [0.4, 0.5) is 4.79 Å². The Bertz CT molecular complexity index is 3330. The van der Waals surface area contributed by atoms with E-state index in [1.54, 1.807) is 33.3 Å². The second-order valence-electron chi connectivity index (χ2n) is 19.1.